The highest BCUT2D eigenvalue weighted by molar-refractivity contribution is 7.88. The molecule has 1 N–H and O–H groups in total. The molecule has 0 aromatic rings. The van der Waals surface area contributed by atoms with Crippen molar-refractivity contribution >= 4 is 15.9 Å². The van der Waals surface area contributed by atoms with Crippen molar-refractivity contribution in [1.29, 1.82) is 0 Å². The van der Waals surface area contributed by atoms with Crippen LogP contribution < -0.4 is 5.32 Å². The van der Waals surface area contributed by atoms with E-state index in [0.29, 0.717) is 0 Å². The minimum atomic E-state index is -3.32. The van der Waals surface area contributed by atoms with Crippen LogP contribution in [0.3, 0.4) is 0 Å². The molecule has 0 aromatic carbocycles. The molecule has 5 nitrogen and oxygen atoms in total. The largest absolute Gasteiger partial charge is 0.353 e. The van der Waals surface area contributed by atoms with Gasteiger partial charge in [0.15, 0.2) is 0 Å². The Morgan fingerprint density at radius 1 is 1.27 bits per heavy atom. The first-order valence-electron chi connectivity index (χ1n) is 4.90. The highest BCUT2D eigenvalue weighted by atomic mass is 32.2. The average molecular weight is 236 g/mol. The highest BCUT2D eigenvalue weighted by Gasteiger charge is 2.22. The fourth-order valence-electron chi connectivity index (χ4n) is 1.19. The van der Waals surface area contributed by atoms with Crippen LogP contribution in [0.5, 0.6) is 0 Å². The standard InChI is InChI=1S/C9H20N2O3S/c1-7(2)10-9(12)6-11(8(3)4)15(5,13)14/h7-8H,6H2,1-5H3,(H,10,12). The molecule has 0 saturated heterocycles. The van der Waals surface area contributed by atoms with Gasteiger partial charge in [0, 0.05) is 12.1 Å². The van der Waals surface area contributed by atoms with Crippen molar-refractivity contribution in [3.8, 4) is 0 Å². The van der Waals surface area contributed by atoms with E-state index < -0.39 is 10.0 Å². The number of amides is 1. The second-order valence-corrected chi connectivity index (χ2v) is 6.06. The number of sulfonamides is 1. The zero-order valence-electron chi connectivity index (χ0n) is 9.94. The molecule has 15 heavy (non-hydrogen) atoms. The molecule has 0 saturated carbocycles. The summed E-state index contributed by atoms with van der Waals surface area (Å²) in [6, 6.07) is -0.191. The average Bonchev–Trinajstić information content (AvgIpc) is 1.95. The molecule has 90 valence electrons. The smallest absolute Gasteiger partial charge is 0.235 e. The second kappa shape index (κ2) is 5.46. The SMILES string of the molecule is CC(C)NC(=O)CN(C(C)C)S(C)(=O)=O. The summed E-state index contributed by atoms with van der Waals surface area (Å²) >= 11 is 0. The van der Waals surface area contributed by atoms with Crippen LogP contribution >= 0.6 is 0 Å². The third-order valence-corrected chi connectivity index (χ3v) is 3.15. The molecule has 0 aliphatic heterocycles. The van der Waals surface area contributed by atoms with Gasteiger partial charge in [-0.25, -0.2) is 8.42 Å². The molecule has 0 bridgehead atoms. The molecule has 0 spiro atoms. The van der Waals surface area contributed by atoms with Crippen LogP contribution in [0.2, 0.25) is 0 Å². The number of hydrogen-bond acceptors (Lipinski definition) is 3. The summed E-state index contributed by atoms with van der Waals surface area (Å²) in [6.07, 6.45) is 1.11. The number of carbonyl (C=O) groups is 1. The van der Waals surface area contributed by atoms with Gasteiger partial charge >= 0.3 is 0 Å². The van der Waals surface area contributed by atoms with Gasteiger partial charge in [0.2, 0.25) is 15.9 Å². The fraction of sp³-hybridized carbons (Fsp3) is 0.889. The van der Waals surface area contributed by atoms with Gasteiger partial charge in [0.05, 0.1) is 12.8 Å². The predicted octanol–water partition coefficient (Wildman–Crippen LogP) is 0.181. The number of nitrogens with zero attached hydrogens (tertiary/aromatic N) is 1. The second-order valence-electron chi connectivity index (χ2n) is 4.12. The van der Waals surface area contributed by atoms with Crippen LogP contribution in [0.25, 0.3) is 0 Å². The Morgan fingerprint density at radius 3 is 2.00 bits per heavy atom. The van der Waals surface area contributed by atoms with Gasteiger partial charge < -0.3 is 5.32 Å². The van der Waals surface area contributed by atoms with Gasteiger partial charge in [0.1, 0.15) is 0 Å². The lowest BCUT2D eigenvalue weighted by atomic mass is 10.3. The van der Waals surface area contributed by atoms with Gasteiger partial charge in [-0.2, -0.15) is 4.31 Å². The maximum atomic E-state index is 11.4. The summed E-state index contributed by atoms with van der Waals surface area (Å²) in [7, 11) is -3.32. The maximum absolute atomic E-state index is 11.4. The monoisotopic (exact) mass is 236 g/mol. The zero-order chi connectivity index (χ0) is 12.2. The molecule has 1 amide bonds. The lowest BCUT2D eigenvalue weighted by molar-refractivity contribution is -0.122. The third kappa shape index (κ3) is 5.74. The van der Waals surface area contributed by atoms with Crippen molar-refractivity contribution in [3.63, 3.8) is 0 Å². The molecule has 0 aromatic heterocycles. The van der Waals surface area contributed by atoms with E-state index in [4.69, 9.17) is 0 Å². The molecular weight excluding hydrogens is 216 g/mol. The lowest BCUT2D eigenvalue weighted by Crippen LogP contribution is -2.45. The lowest BCUT2D eigenvalue weighted by Gasteiger charge is -2.23. The van der Waals surface area contributed by atoms with Crippen molar-refractivity contribution in [1.82, 2.24) is 9.62 Å². The van der Waals surface area contributed by atoms with Crippen molar-refractivity contribution in [2.24, 2.45) is 0 Å². The number of nitrogens with one attached hydrogen (secondary N) is 1. The van der Waals surface area contributed by atoms with Crippen LogP contribution in [0, 0.1) is 0 Å². The normalized spacial score (nSPS) is 12.5. The van der Waals surface area contributed by atoms with E-state index in [1.807, 2.05) is 13.8 Å². The Kier molecular flexibility index (Phi) is 5.23. The molecule has 0 atom stereocenters. The Morgan fingerprint density at radius 2 is 1.73 bits per heavy atom. The van der Waals surface area contributed by atoms with E-state index in [9.17, 15) is 13.2 Å². The van der Waals surface area contributed by atoms with Crippen LogP contribution in [0.4, 0.5) is 0 Å². The quantitative estimate of drug-likeness (QED) is 0.740. The molecule has 6 heteroatoms. The number of rotatable bonds is 5. The molecule has 0 radical (unpaired) electrons. The summed E-state index contributed by atoms with van der Waals surface area (Å²) in [6.45, 7) is 7.03. The van der Waals surface area contributed by atoms with Gasteiger partial charge in [-0.1, -0.05) is 0 Å². The Hall–Kier alpha value is -0.620. The fourth-order valence-corrected chi connectivity index (χ4v) is 2.31. The van der Waals surface area contributed by atoms with Crippen molar-refractivity contribution in [2.75, 3.05) is 12.8 Å². The van der Waals surface area contributed by atoms with Crippen molar-refractivity contribution in [3.05, 3.63) is 0 Å². The minimum absolute atomic E-state index is 0.0195. The third-order valence-electron chi connectivity index (χ3n) is 1.75. The summed E-state index contributed by atoms with van der Waals surface area (Å²) < 4.78 is 23.9. The van der Waals surface area contributed by atoms with Crippen molar-refractivity contribution in [2.45, 2.75) is 39.8 Å². The first-order chi connectivity index (χ1) is 6.64. The van der Waals surface area contributed by atoms with E-state index in [1.54, 1.807) is 13.8 Å². The molecule has 0 heterocycles. The van der Waals surface area contributed by atoms with E-state index >= 15 is 0 Å². The predicted molar refractivity (Wildman–Crippen MR) is 60.0 cm³/mol. The van der Waals surface area contributed by atoms with E-state index in [0.717, 1.165) is 6.26 Å². The number of hydrogen-bond donors (Lipinski definition) is 1. The summed E-state index contributed by atoms with van der Waals surface area (Å²) in [5.41, 5.74) is 0. The molecule has 0 fully saturated rings. The van der Waals surface area contributed by atoms with Crippen LogP contribution in [-0.4, -0.2) is 43.5 Å². The van der Waals surface area contributed by atoms with Gasteiger partial charge in [-0.15, -0.1) is 0 Å². The van der Waals surface area contributed by atoms with Gasteiger partial charge in [0.25, 0.3) is 0 Å². The molecule has 0 aliphatic carbocycles. The Balaban J connectivity index is 4.51. The van der Waals surface area contributed by atoms with E-state index in [2.05, 4.69) is 5.32 Å². The van der Waals surface area contributed by atoms with Crippen molar-refractivity contribution < 1.29 is 13.2 Å². The highest BCUT2D eigenvalue weighted by Crippen LogP contribution is 2.04. The molecule has 0 rings (SSSR count). The van der Waals surface area contributed by atoms with Crippen LogP contribution in [-0.2, 0) is 14.8 Å². The molecule has 0 aliphatic rings. The van der Waals surface area contributed by atoms with Gasteiger partial charge in [-0.05, 0) is 27.7 Å². The van der Waals surface area contributed by atoms with Gasteiger partial charge in [-0.3, -0.25) is 4.79 Å². The van der Waals surface area contributed by atoms with Crippen LogP contribution in [0.1, 0.15) is 27.7 Å². The Bertz CT molecular complexity index is 309. The Labute approximate surface area is 91.9 Å². The van der Waals surface area contributed by atoms with E-state index in [1.165, 1.54) is 4.31 Å². The summed E-state index contributed by atoms with van der Waals surface area (Å²) in [5, 5.41) is 2.66. The molecule has 0 unspecified atom stereocenters. The summed E-state index contributed by atoms with van der Waals surface area (Å²) in [5.74, 6) is -0.274. The first kappa shape index (κ1) is 14.4. The maximum Gasteiger partial charge on any atom is 0.235 e. The van der Waals surface area contributed by atoms with E-state index in [-0.39, 0.29) is 24.5 Å². The topological polar surface area (TPSA) is 66.5 Å². The summed E-state index contributed by atoms with van der Waals surface area (Å²) in [4.78, 5) is 11.4. The minimum Gasteiger partial charge on any atom is -0.353 e. The molecular formula is C9H20N2O3S. The first-order valence-corrected chi connectivity index (χ1v) is 6.75. The zero-order valence-corrected chi connectivity index (χ0v) is 10.8. The number of carbonyl (C=O) groups excluding carboxylic acids is 1. The van der Waals surface area contributed by atoms with Crippen LogP contribution in [0.15, 0.2) is 0 Å².